The van der Waals surface area contributed by atoms with E-state index in [-0.39, 0.29) is 25.3 Å². The average molecular weight is 317 g/mol. The Morgan fingerprint density at radius 3 is 2.41 bits per heavy atom. The number of nitrogens with zero attached hydrogens (tertiary/aromatic N) is 2. The third kappa shape index (κ3) is 2.31. The van der Waals surface area contributed by atoms with Gasteiger partial charge >= 0.3 is 12.2 Å². The lowest BCUT2D eigenvalue weighted by Gasteiger charge is -2.36. The standard InChI is InChI=1S/C14H15F4N3O/c15-14(16,17)9-1-2-10-11(7-9)21(12(19)22)8-13(10)3-5-20(18)6-4-13/h1-2,7H,3-6,8H2,(H2,19,22). The highest BCUT2D eigenvalue weighted by atomic mass is 19.4. The largest absolute Gasteiger partial charge is 0.416 e. The van der Waals surface area contributed by atoms with Crippen LogP contribution in [0, 0.1) is 0 Å². The molecule has 0 aromatic heterocycles. The molecule has 1 aromatic rings. The molecule has 1 saturated heterocycles. The van der Waals surface area contributed by atoms with Gasteiger partial charge in [-0.3, -0.25) is 4.90 Å². The fourth-order valence-corrected chi connectivity index (χ4v) is 3.38. The maximum Gasteiger partial charge on any atom is 0.416 e. The molecule has 1 spiro atoms. The minimum atomic E-state index is -4.49. The number of urea groups is 1. The highest BCUT2D eigenvalue weighted by Gasteiger charge is 2.47. The number of primary amides is 1. The first-order valence-electron chi connectivity index (χ1n) is 6.92. The number of carbonyl (C=O) groups is 1. The number of hydrogen-bond donors (Lipinski definition) is 1. The second kappa shape index (κ2) is 4.84. The Morgan fingerprint density at radius 1 is 1.23 bits per heavy atom. The van der Waals surface area contributed by atoms with Crippen molar-refractivity contribution in [1.82, 2.24) is 5.12 Å². The monoisotopic (exact) mass is 317 g/mol. The maximum atomic E-state index is 13.3. The molecule has 2 amide bonds. The van der Waals surface area contributed by atoms with Gasteiger partial charge in [-0.05, 0) is 30.5 Å². The number of nitrogens with two attached hydrogens (primary N) is 1. The SMILES string of the molecule is NC(=O)N1CC2(CCN(F)CC2)c2ccc(C(F)(F)F)cc21. The molecule has 0 radical (unpaired) electrons. The van der Waals surface area contributed by atoms with Crippen molar-refractivity contribution >= 4 is 11.7 Å². The van der Waals surface area contributed by atoms with E-state index in [2.05, 4.69) is 0 Å². The van der Waals surface area contributed by atoms with Crippen molar-refractivity contribution in [3.63, 3.8) is 0 Å². The summed E-state index contributed by atoms with van der Waals surface area (Å²) in [4.78, 5) is 12.8. The highest BCUT2D eigenvalue weighted by Crippen LogP contribution is 2.48. The van der Waals surface area contributed by atoms with Crippen LogP contribution in [-0.4, -0.2) is 30.8 Å². The number of piperidine rings is 1. The fraction of sp³-hybridized carbons (Fsp3) is 0.500. The summed E-state index contributed by atoms with van der Waals surface area (Å²) in [6, 6.07) is 2.57. The molecule has 8 heteroatoms. The summed E-state index contributed by atoms with van der Waals surface area (Å²) in [6.45, 7) is 0.576. The van der Waals surface area contributed by atoms with E-state index in [1.54, 1.807) is 0 Å². The van der Waals surface area contributed by atoms with Crippen LogP contribution in [0.4, 0.5) is 28.1 Å². The molecule has 0 aliphatic carbocycles. The number of halogens is 4. The first kappa shape index (κ1) is 15.1. The first-order chi connectivity index (χ1) is 10.2. The summed E-state index contributed by atoms with van der Waals surface area (Å²) in [6.07, 6.45) is -3.62. The number of alkyl halides is 3. The minimum absolute atomic E-state index is 0.188. The fourth-order valence-electron chi connectivity index (χ4n) is 3.38. The summed E-state index contributed by atoms with van der Waals surface area (Å²) in [5.41, 5.74) is 4.81. The van der Waals surface area contributed by atoms with E-state index in [9.17, 15) is 22.4 Å². The molecule has 2 heterocycles. The lowest BCUT2D eigenvalue weighted by molar-refractivity contribution is -0.137. The zero-order valence-corrected chi connectivity index (χ0v) is 11.7. The van der Waals surface area contributed by atoms with Crippen molar-refractivity contribution in [3.05, 3.63) is 29.3 Å². The first-order valence-corrected chi connectivity index (χ1v) is 6.92. The molecule has 2 aliphatic rings. The smallest absolute Gasteiger partial charge is 0.351 e. The van der Waals surface area contributed by atoms with Crippen LogP contribution < -0.4 is 10.6 Å². The maximum absolute atomic E-state index is 13.3. The van der Waals surface area contributed by atoms with Crippen LogP contribution in [0.1, 0.15) is 24.0 Å². The van der Waals surface area contributed by atoms with Gasteiger partial charge in [0, 0.05) is 30.7 Å². The van der Waals surface area contributed by atoms with Crippen molar-refractivity contribution in [2.45, 2.75) is 24.4 Å². The Morgan fingerprint density at radius 2 is 1.86 bits per heavy atom. The zero-order valence-electron chi connectivity index (χ0n) is 11.7. The zero-order chi connectivity index (χ0) is 16.1. The Balaban J connectivity index is 2.06. The van der Waals surface area contributed by atoms with Crippen molar-refractivity contribution in [2.24, 2.45) is 5.73 Å². The van der Waals surface area contributed by atoms with Gasteiger partial charge in [-0.1, -0.05) is 6.07 Å². The third-order valence-electron chi connectivity index (χ3n) is 4.58. The van der Waals surface area contributed by atoms with Gasteiger partial charge < -0.3 is 5.73 Å². The van der Waals surface area contributed by atoms with Gasteiger partial charge in [0.2, 0.25) is 0 Å². The molecule has 1 aromatic carbocycles. The molecule has 1 fully saturated rings. The molecule has 0 saturated carbocycles. The Hall–Kier alpha value is -1.83. The molecular weight excluding hydrogens is 302 g/mol. The third-order valence-corrected chi connectivity index (χ3v) is 4.58. The van der Waals surface area contributed by atoms with Crippen molar-refractivity contribution in [2.75, 3.05) is 24.5 Å². The van der Waals surface area contributed by atoms with E-state index in [0.717, 1.165) is 12.1 Å². The number of benzene rings is 1. The van der Waals surface area contributed by atoms with Gasteiger partial charge in [-0.15, -0.1) is 9.60 Å². The number of anilines is 1. The highest BCUT2D eigenvalue weighted by molar-refractivity contribution is 5.94. The van der Waals surface area contributed by atoms with E-state index in [4.69, 9.17) is 5.73 Å². The van der Waals surface area contributed by atoms with Gasteiger partial charge in [0.05, 0.1) is 5.56 Å². The second-order valence-electron chi connectivity index (χ2n) is 5.84. The van der Waals surface area contributed by atoms with Crippen LogP contribution in [0.25, 0.3) is 0 Å². The summed E-state index contributed by atoms with van der Waals surface area (Å²) in [7, 11) is 0. The minimum Gasteiger partial charge on any atom is -0.351 e. The van der Waals surface area contributed by atoms with Crippen LogP contribution in [-0.2, 0) is 11.6 Å². The topological polar surface area (TPSA) is 49.6 Å². The molecule has 0 atom stereocenters. The molecule has 22 heavy (non-hydrogen) atoms. The normalized spacial score (nSPS) is 21.2. The molecule has 0 unspecified atom stereocenters. The Kier molecular flexibility index (Phi) is 3.32. The second-order valence-corrected chi connectivity index (χ2v) is 5.84. The molecular formula is C14H15F4N3O. The molecule has 2 aliphatic heterocycles. The predicted octanol–water partition coefficient (Wildman–Crippen LogP) is 2.82. The summed E-state index contributed by atoms with van der Waals surface area (Å²) >= 11 is 0. The summed E-state index contributed by atoms with van der Waals surface area (Å²) < 4.78 is 51.9. The van der Waals surface area contributed by atoms with E-state index in [1.807, 2.05) is 0 Å². The van der Waals surface area contributed by atoms with Crippen LogP contribution in [0.2, 0.25) is 0 Å². The van der Waals surface area contributed by atoms with Crippen molar-refractivity contribution in [3.8, 4) is 0 Å². The van der Waals surface area contributed by atoms with Crippen LogP contribution in [0.3, 0.4) is 0 Å². The number of carbonyl (C=O) groups excluding carboxylic acids is 1. The number of hydrogen-bond acceptors (Lipinski definition) is 2. The molecule has 120 valence electrons. The lowest BCUT2D eigenvalue weighted by Crippen LogP contribution is -2.45. The lowest BCUT2D eigenvalue weighted by atomic mass is 9.74. The molecule has 2 N–H and O–H groups in total. The van der Waals surface area contributed by atoms with Crippen molar-refractivity contribution < 1.29 is 22.4 Å². The van der Waals surface area contributed by atoms with Crippen molar-refractivity contribution in [1.29, 1.82) is 0 Å². The molecule has 4 nitrogen and oxygen atoms in total. The van der Waals surface area contributed by atoms with Gasteiger partial charge in [0.1, 0.15) is 0 Å². The van der Waals surface area contributed by atoms with Gasteiger partial charge in [0.25, 0.3) is 0 Å². The van der Waals surface area contributed by atoms with Gasteiger partial charge in [-0.2, -0.15) is 13.2 Å². The number of rotatable bonds is 0. The summed E-state index contributed by atoms with van der Waals surface area (Å²) in [5, 5.41) is 0.682. The quantitative estimate of drug-likeness (QED) is 0.591. The average Bonchev–Trinajstić information content (AvgIpc) is 2.76. The number of amides is 2. The Bertz CT molecular complexity index is 609. The van der Waals surface area contributed by atoms with E-state index >= 15 is 0 Å². The molecule has 0 bridgehead atoms. The predicted molar refractivity (Wildman–Crippen MR) is 72.0 cm³/mol. The van der Waals surface area contributed by atoms with E-state index in [0.29, 0.717) is 23.5 Å². The van der Waals surface area contributed by atoms with Crippen LogP contribution in [0.5, 0.6) is 0 Å². The Labute approximate surface area is 124 Å². The van der Waals surface area contributed by atoms with Gasteiger partial charge in [0.15, 0.2) is 0 Å². The van der Waals surface area contributed by atoms with Gasteiger partial charge in [-0.25, -0.2) is 4.79 Å². The van der Waals surface area contributed by atoms with Crippen LogP contribution >= 0.6 is 0 Å². The molecule has 3 rings (SSSR count). The summed E-state index contributed by atoms with van der Waals surface area (Å²) in [5.74, 6) is 0. The van der Waals surface area contributed by atoms with Crippen LogP contribution in [0.15, 0.2) is 18.2 Å². The number of fused-ring (bicyclic) bond motifs is 2. The van der Waals surface area contributed by atoms with E-state index < -0.39 is 23.2 Å². The van der Waals surface area contributed by atoms with E-state index in [1.165, 1.54) is 11.0 Å².